The summed E-state index contributed by atoms with van der Waals surface area (Å²) < 4.78 is 0. The van der Waals surface area contributed by atoms with E-state index in [9.17, 15) is 5.11 Å². The standard InChI is InChI=1S/C10H11N3O/c11-5-8-1-2-10(12-6-8)13-4-3-9(14)7-13/h1-2,6,9,14H,3-4,7H2/t9-/m1/s1. The van der Waals surface area contributed by atoms with Gasteiger partial charge in [-0.25, -0.2) is 4.98 Å². The topological polar surface area (TPSA) is 60.2 Å². The van der Waals surface area contributed by atoms with Crippen LogP contribution in [0.1, 0.15) is 12.0 Å². The predicted octanol–water partition coefficient (Wildman–Crippen LogP) is 0.524. The Bertz CT molecular complexity index is 355. The molecule has 2 rings (SSSR count). The fourth-order valence-corrected chi connectivity index (χ4v) is 1.59. The summed E-state index contributed by atoms with van der Waals surface area (Å²) in [5, 5.41) is 17.9. The van der Waals surface area contributed by atoms with Crippen molar-refractivity contribution in [2.24, 2.45) is 0 Å². The van der Waals surface area contributed by atoms with E-state index in [4.69, 9.17) is 5.26 Å². The first-order chi connectivity index (χ1) is 6.79. The molecule has 4 heteroatoms. The molecule has 0 saturated carbocycles. The van der Waals surface area contributed by atoms with Crippen molar-refractivity contribution in [3.8, 4) is 6.07 Å². The second-order valence-electron chi connectivity index (χ2n) is 3.41. The molecule has 1 saturated heterocycles. The number of pyridine rings is 1. The Kier molecular flexibility index (Phi) is 2.33. The molecule has 0 aromatic carbocycles. The van der Waals surface area contributed by atoms with Gasteiger partial charge >= 0.3 is 0 Å². The van der Waals surface area contributed by atoms with E-state index >= 15 is 0 Å². The summed E-state index contributed by atoms with van der Waals surface area (Å²) in [6, 6.07) is 5.58. The number of nitriles is 1. The molecule has 1 aromatic heterocycles. The number of rotatable bonds is 1. The second-order valence-corrected chi connectivity index (χ2v) is 3.41. The SMILES string of the molecule is N#Cc1ccc(N2CC[C@@H](O)C2)nc1. The summed E-state index contributed by atoms with van der Waals surface area (Å²) in [6.07, 6.45) is 2.11. The molecule has 14 heavy (non-hydrogen) atoms. The third-order valence-corrected chi connectivity index (χ3v) is 2.36. The van der Waals surface area contributed by atoms with Crippen LogP contribution in [0.2, 0.25) is 0 Å². The van der Waals surface area contributed by atoms with Crippen molar-refractivity contribution in [1.82, 2.24) is 4.98 Å². The van der Waals surface area contributed by atoms with E-state index in [-0.39, 0.29) is 6.10 Å². The predicted molar refractivity (Wildman–Crippen MR) is 51.8 cm³/mol. The molecule has 1 atom stereocenters. The van der Waals surface area contributed by atoms with Gasteiger partial charge in [0.2, 0.25) is 0 Å². The molecule has 1 N–H and O–H groups in total. The fraction of sp³-hybridized carbons (Fsp3) is 0.400. The Hall–Kier alpha value is -1.60. The minimum absolute atomic E-state index is 0.243. The van der Waals surface area contributed by atoms with E-state index in [1.165, 1.54) is 0 Å². The Morgan fingerprint density at radius 2 is 2.43 bits per heavy atom. The number of hydrogen-bond donors (Lipinski definition) is 1. The minimum atomic E-state index is -0.243. The summed E-state index contributed by atoms with van der Waals surface area (Å²) in [4.78, 5) is 6.18. The van der Waals surface area contributed by atoms with Crippen LogP contribution in [0.15, 0.2) is 18.3 Å². The molecule has 0 spiro atoms. The zero-order chi connectivity index (χ0) is 9.97. The summed E-state index contributed by atoms with van der Waals surface area (Å²) >= 11 is 0. The van der Waals surface area contributed by atoms with Gasteiger partial charge in [0.05, 0.1) is 11.7 Å². The molecule has 2 heterocycles. The molecular weight excluding hydrogens is 178 g/mol. The van der Waals surface area contributed by atoms with Gasteiger partial charge in [0.15, 0.2) is 0 Å². The highest BCUT2D eigenvalue weighted by molar-refractivity contribution is 5.42. The van der Waals surface area contributed by atoms with E-state index in [2.05, 4.69) is 4.98 Å². The van der Waals surface area contributed by atoms with Crippen LogP contribution in [0, 0.1) is 11.3 Å². The zero-order valence-electron chi connectivity index (χ0n) is 7.72. The van der Waals surface area contributed by atoms with E-state index in [0.29, 0.717) is 12.1 Å². The number of anilines is 1. The molecule has 1 fully saturated rings. The maximum atomic E-state index is 9.34. The molecule has 1 aliphatic heterocycles. The number of aromatic nitrogens is 1. The summed E-state index contributed by atoms with van der Waals surface area (Å²) in [6.45, 7) is 1.47. The zero-order valence-corrected chi connectivity index (χ0v) is 7.72. The van der Waals surface area contributed by atoms with E-state index in [1.54, 1.807) is 12.3 Å². The smallest absolute Gasteiger partial charge is 0.128 e. The van der Waals surface area contributed by atoms with Crippen LogP contribution in [-0.4, -0.2) is 29.3 Å². The van der Waals surface area contributed by atoms with Gasteiger partial charge in [-0.05, 0) is 18.6 Å². The highest BCUT2D eigenvalue weighted by Gasteiger charge is 2.20. The molecule has 0 amide bonds. The van der Waals surface area contributed by atoms with Crippen molar-refractivity contribution >= 4 is 5.82 Å². The van der Waals surface area contributed by atoms with Crippen LogP contribution in [-0.2, 0) is 0 Å². The minimum Gasteiger partial charge on any atom is -0.391 e. The van der Waals surface area contributed by atoms with Crippen molar-refractivity contribution in [2.45, 2.75) is 12.5 Å². The van der Waals surface area contributed by atoms with E-state index in [0.717, 1.165) is 18.8 Å². The van der Waals surface area contributed by atoms with Crippen molar-refractivity contribution in [3.05, 3.63) is 23.9 Å². The number of hydrogen-bond acceptors (Lipinski definition) is 4. The third kappa shape index (κ3) is 1.68. The van der Waals surface area contributed by atoms with Crippen molar-refractivity contribution < 1.29 is 5.11 Å². The molecule has 1 aromatic rings. The van der Waals surface area contributed by atoms with Crippen LogP contribution in [0.25, 0.3) is 0 Å². The lowest BCUT2D eigenvalue weighted by molar-refractivity contribution is 0.198. The normalized spacial score (nSPS) is 20.9. The second kappa shape index (κ2) is 3.64. The van der Waals surface area contributed by atoms with Crippen LogP contribution < -0.4 is 4.90 Å². The molecule has 0 bridgehead atoms. The maximum Gasteiger partial charge on any atom is 0.128 e. The summed E-state index contributed by atoms with van der Waals surface area (Å²) in [5.41, 5.74) is 0.563. The van der Waals surface area contributed by atoms with Crippen LogP contribution in [0.5, 0.6) is 0 Å². The summed E-state index contributed by atoms with van der Waals surface area (Å²) in [7, 11) is 0. The van der Waals surface area contributed by atoms with Crippen LogP contribution in [0.4, 0.5) is 5.82 Å². The van der Waals surface area contributed by atoms with Gasteiger partial charge in [-0.2, -0.15) is 5.26 Å². The Balaban J connectivity index is 2.14. The molecule has 72 valence electrons. The Labute approximate surface area is 82.4 Å². The van der Waals surface area contributed by atoms with E-state index in [1.807, 2.05) is 17.0 Å². The van der Waals surface area contributed by atoms with Gasteiger partial charge < -0.3 is 10.0 Å². The van der Waals surface area contributed by atoms with Crippen LogP contribution >= 0.6 is 0 Å². The van der Waals surface area contributed by atoms with Gasteiger partial charge in [0.25, 0.3) is 0 Å². The number of nitrogens with zero attached hydrogens (tertiary/aromatic N) is 3. The average molecular weight is 189 g/mol. The largest absolute Gasteiger partial charge is 0.391 e. The molecule has 0 radical (unpaired) electrons. The highest BCUT2D eigenvalue weighted by Crippen LogP contribution is 2.17. The van der Waals surface area contributed by atoms with Gasteiger partial charge in [-0.15, -0.1) is 0 Å². The number of aliphatic hydroxyl groups is 1. The molecular formula is C10H11N3O. The van der Waals surface area contributed by atoms with Crippen molar-refractivity contribution in [3.63, 3.8) is 0 Å². The van der Waals surface area contributed by atoms with Gasteiger partial charge in [-0.3, -0.25) is 0 Å². The lowest BCUT2D eigenvalue weighted by atomic mass is 10.3. The van der Waals surface area contributed by atoms with Gasteiger partial charge in [0, 0.05) is 19.3 Å². The first-order valence-electron chi connectivity index (χ1n) is 4.59. The molecule has 1 aliphatic rings. The van der Waals surface area contributed by atoms with Crippen molar-refractivity contribution in [1.29, 1.82) is 5.26 Å². The first-order valence-corrected chi connectivity index (χ1v) is 4.59. The first kappa shape index (κ1) is 8.97. The maximum absolute atomic E-state index is 9.34. The Morgan fingerprint density at radius 3 is 2.93 bits per heavy atom. The molecule has 0 unspecified atom stereocenters. The average Bonchev–Trinajstić information content (AvgIpc) is 2.65. The fourth-order valence-electron chi connectivity index (χ4n) is 1.59. The van der Waals surface area contributed by atoms with Crippen molar-refractivity contribution in [2.75, 3.05) is 18.0 Å². The molecule has 0 aliphatic carbocycles. The number of aliphatic hydroxyl groups excluding tert-OH is 1. The monoisotopic (exact) mass is 189 g/mol. The number of β-amino-alcohol motifs (C(OH)–C–C–N with tert-alkyl or cyclic N) is 1. The highest BCUT2D eigenvalue weighted by atomic mass is 16.3. The third-order valence-electron chi connectivity index (χ3n) is 2.36. The lowest BCUT2D eigenvalue weighted by Gasteiger charge is -2.15. The molecule has 4 nitrogen and oxygen atoms in total. The summed E-state index contributed by atoms with van der Waals surface area (Å²) in [5.74, 6) is 0.834. The van der Waals surface area contributed by atoms with Gasteiger partial charge in [0.1, 0.15) is 11.9 Å². The Morgan fingerprint density at radius 1 is 1.57 bits per heavy atom. The lowest BCUT2D eigenvalue weighted by Crippen LogP contribution is -2.21. The van der Waals surface area contributed by atoms with Crippen LogP contribution in [0.3, 0.4) is 0 Å². The van der Waals surface area contributed by atoms with E-state index < -0.39 is 0 Å². The van der Waals surface area contributed by atoms with Gasteiger partial charge in [-0.1, -0.05) is 0 Å². The quantitative estimate of drug-likeness (QED) is 0.699.